The molecule has 0 aliphatic heterocycles. The largest absolute Gasteiger partial charge is 0.366 e. The van der Waals surface area contributed by atoms with Crippen LogP contribution in [0.15, 0.2) is 41.0 Å². The topological polar surface area (TPSA) is 24.9 Å². The van der Waals surface area contributed by atoms with E-state index in [4.69, 9.17) is 0 Å². The van der Waals surface area contributed by atoms with Gasteiger partial charge in [0.1, 0.15) is 5.82 Å². The highest BCUT2D eigenvalue weighted by molar-refractivity contribution is 9.10. The van der Waals surface area contributed by atoms with Crippen molar-refractivity contribution < 1.29 is 0 Å². The van der Waals surface area contributed by atoms with Crippen LogP contribution < -0.4 is 5.32 Å². The van der Waals surface area contributed by atoms with Gasteiger partial charge in [-0.05, 0) is 47.0 Å². The number of anilines is 1. The van der Waals surface area contributed by atoms with E-state index in [0.29, 0.717) is 0 Å². The lowest BCUT2D eigenvalue weighted by Gasteiger charge is -2.09. The van der Waals surface area contributed by atoms with Crippen molar-refractivity contribution in [3.05, 3.63) is 57.7 Å². The quantitative estimate of drug-likeness (QED) is 0.922. The molecule has 0 fully saturated rings. The molecule has 1 N–H and O–H groups in total. The highest BCUT2D eigenvalue weighted by Gasteiger charge is 2.00. The van der Waals surface area contributed by atoms with E-state index in [-0.39, 0.29) is 0 Å². The van der Waals surface area contributed by atoms with Crippen molar-refractivity contribution in [3.63, 3.8) is 0 Å². The summed E-state index contributed by atoms with van der Waals surface area (Å²) in [5.41, 5.74) is 3.70. The molecule has 3 heteroatoms. The molecule has 0 unspecified atom stereocenters. The number of hydrogen-bond acceptors (Lipinski definition) is 2. The Hall–Kier alpha value is -1.35. The van der Waals surface area contributed by atoms with Crippen LogP contribution in [0.3, 0.4) is 0 Å². The maximum absolute atomic E-state index is 4.36. The van der Waals surface area contributed by atoms with Crippen LogP contribution in [-0.2, 0) is 6.54 Å². The minimum atomic E-state index is 0.803. The van der Waals surface area contributed by atoms with Gasteiger partial charge in [0.15, 0.2) is 0 Å². The zero-order valence-electron chi connectivity index (χ0n) is 10.00. The summed E-state index contributed by atoms with van der Waals surface area (Å²) >= 11 is 3.41. The molecule has 0 bridgehead atoms. The van der Waals surface area contributed by atoms with Crippen LogP contribution in [0.2, 0.25) is 0 Å². The normalized spacial score (nSPS) is 10.3. The number of nitrogens with zero attached hydrogens (tertiary/aromatic N) is 1. The number of aryl methyl sites for hydroxylation is 2. The lowest BCUT2D eigenvalue weighted by Crippen LogP contribution is -2.03. The van der Waals surface area contributed by atoms with Crippen LogP contribution in [-0.4, -0.2) is 4.98 Å². The van der Waals surface area contributed by atoms with Gasteiger partial charge in [0.2, 0.25) is 0 Å². The number of rotatable bonds is 3. The molecule has 2 aromatic rings. The molecule has 17 heavy (non-hydrogen) atoms. The van der Waals surface area contributed by atoms with E-state index >= 15 is 0 Å². The molecule has 2 rings (SSSR count). The van der Waals surface area contributed by atoms with E-state index in [1.807, 2.05) is 6.20 Å². The summed E-state index contributed by atoms with van der Waals surface area (Å²) < 4.78 is 1.01. The van der Waals surface area contributed by atoms with E-state index < -0.39 is 0 Å². The molecule has 1 aromatic carbocycles. The van der Waals surface area contributed by atoms with Crippen molar-refractivity contribution in [3.8, 4) is 0 Å². The van der Waals surface area contributed by atoms with Gasteiger partial charge in [0, 0.05) is 17.2 Å². The number of pyridine rings is 1. The van der Waals surface area contributed by atoms with Gasteiger partial charge in [-0.1, -0.05) is 29.8 Å². The third-order valence-corrected chi connectivity index (χ3v) is 3.02. The Labute approximate surface area is 110 Å². The van der Waals surface area contributed by atoms with Gasteiger partial charge < -0.3 is 5.32 Å². The fraction of sp³-hybridized carbons (Fsp3) is 0.214. The van der Waals surface area contributed by atoms with Crippen LogP contribution in [0, 0.1) is 13.8 Å². The zero-order chi connectivity index (χ0) is 12.3. The summed E-state index contributed by atoms with van der Waals surface area (Å²) in [4.78, 5) is 4.36. The lowest BCUT2D eigenvalue weighted by atomic mass is 10.1. The molecular formula is C14H15BrN2. The first-order valence-electron chi connectivity index (χ1n) is 5.57. The van der Waals surface area contributed by atoms with Crippen LogP contribution in [0.5, 0.6) is 0 Å². The first kappa shape index (κ1) is 12.1. The monoisotopic (exact) mass is 290 g/mol. The third-order valence-electron chi connectivity index (χ3n) is 2.59. The fourth-order valence-electron chi connectivity index (χ4n) is 1.73. The molecule has 0 saturated heterocycles. The molecule has 0 amide bonds. The second-order valence-electron chi connectivity index (χ2n) is 4.16. The Morgan fingerprint density at radius 2 is 2.06 bits per heavy atom. The van der Waals surface area contributed by atoms with E-state index in [1.165, 1.54) is 11.1 Å². The van der Waals surface area contributed by atoms with Gasteiger partial charge in [-0.3, -0.25) is 0 Å². The first-order valence-corrected chi connectivity index (χ1v) is 6.36. The maximum atomic E-state index is 4.36. The summed E-state index contributed by atoms with van der Waals surface area (Å²) in [5, 5.41) is 3.35. The van der Waals surface area contributed by atoms with Crippen molar-refractivity contribution in [2.75, 3.05) is 5.32 Å². The van der Waals surface area contributed by atoms with Crippen molar-refractivity contribution in [2.24, 2.45) is 0 Å². The predicted molar refractivity (Wildman–Crippen MR) is 75.2 cm³/mol. The van der Waals surface area contributed by atoms with E-state index in [2.05, 4.69) is 70.4 Å². The molecule has 0 aliphatic rings. The van der Waals surface area contributed by atoms with Crippen LogP contribution in [0.4, 0.5) is 5.82 Å². The summed E-state index contributed by atoms with van der Waals surface area (Å²) in [6.07, 6.45) is 1.81. The van der Waals surface area contributed by atoms with Crippen molar-refractivity contribution >= 4 is 21.7 Å². The Balaban J connectivity index is 2.07. The second kappa shape index (κ2) is 5.32. The number of hydrogen-bond donors (Lipinski definition) is 1. The average molecular weight is 291 g/mol. The molecule has 0 atom stereocenters. The number of nitrogens with one attached hydrogen (secondary N) is 1. The Kier molecular flexibility index (Phi) is 3.79. The van der Waals surface area contributed by atoms with Gasteiger partial charge in [0.25, 0.3) is 0 Å². The van der Waals surface area contributed by atoms with E-state index in [1.54, 1.807) is 0 Å². The first-order chi connectivity index (χ1) is 8.15. The van der Waals surface area contributed by atoms with Crippen LogP contribution in [0.25, 0.3) is 0 Å². The molecule has 1 heterocycles. The highest BCUT2D eigenvalue weighted by Crippen LogP contribution is 2.17. The summed E-state index contributed by atoms with van der Waals surface area (Å²) in [5.74, 6) is 0.940. The molecule has 0 aliphatic carbocycles. The Morgan fingerprint density at radius 1 is 1.24 bits per heavy atom. The van der Waals surface area contributed by atoms with E-state index in [9.17, 15) is 0 Å². The average Bonchev–Trinajstić information content (AvgIpc) is 2.28. The minimum Gasteiger partial charge on any atom is -0.366 e. The summed E-state index contributed by atoms with van der Waals surface area (Å²) in [6, 6.07) is 10.5. The number of benzene rings is 1. The molecule has 88 valence electrons. The van der Waals surface area contributed by atoms with Crippen molar-refractivity contribution in [2.45, 2.75) is 20.4 Å². The molecule has 2 nitrogen and oxygen atoms in total. The molecular weight excluding hydrogens is 276 g/mol. The number of aromatic nitrogens is 1. The van der Waals surface area contributed by atoms with Gasteiger partial charge >= 0.3 is 0 Å². The van der Waals surface area contributed by atoms with Gasteiger partial charge in [-0.15, -0.1) is 0 Å². The van der Waals surface area contributed by atoms with Crippen molar-refractivity contribution in [1.82, 2.24) is 4.98 Å². The second-order valence-corrected chi connectivity index (χ2v) is 5.08. The smallest absolute Gasteiger partial charge is 0.129 e. The maximum Gasteiger partial charge on any atom is 0.129 e. The third kappa shape index (κ3) is 3.30. The molecule has 0 spiro atoms. The highest BCUT2D eigenvalue weighted by atomic mass is 79.9. The van der Waals surface area contributed by atoms with Crippen molar-refractivity contribution in [1.29, 1.82) is 0 Å². The fourth-order valence-corrected chi connectivity index (χ4v) is 2.18. The molecule has 1 aromatic heterocycles. The van der Waals surface area contributed by atoms with Gasteiger partial charge in [-0.25, -0.2) is 4.98 Å². The van der Waals surface area contributed by atoms with E-state index in [0.717, 1.165) is 22.4 Å². The Morgan fingerprint density at radius 3 is 2.76 bits per heavy atom. The Bertz CT molecular complexity index is 523. The summed E-state index contributed by atoms with van der Waals surface area (Å²) in [7, 11) is 0. The predicted octanol–water partition coefficient (Wildman–Crippen LogP) is 4.07. The van der Waals surface area contributed by atoms with Gasteiger partial charge in [0.05, 0.1) is 0 Å². The standard InChI is InChI=1S/C14H15BrN2/c1-10-4-3-5-12(6-10)8-16-14-11(2)7-13(15)9-17-14/h3-7,9H,8H2,1-2H3,(H,16,17). The summed E-state index contributed by atoms with van der Waals surface area (Å²) in [6.45, 7) is 4.96. The zero-order valence-corrected chi connectivity index (χ0v) is 11.6. The minimum absolute atomic E-state index is 0.803. The molecule has 0 saturated carbocycles. The van der Waals surface area contributed by atoms with Crippen LogP contribution in [0.1, 0.15) is 16.7 Å². The van der Waals surface area contributed by atoms with Gasteiger partial charge in [-0.2, -0.15) is 0 Å². The SMILES string of the molecule is Cc1cccc(CNc2ncc(Br)cc2C)c1. The lowest BCUT2D eigenvalue weighted by molar-refractivity contribution is 1.09. The van der Waals surface area contributed by atoms with Crippen LogP contribution >= 0.6 is 15.9 Å². The number of halogens is 1. The molecule has 0 radical (unpaired) electrons.